The predicted octanol–water partition coefficient (Wildman–Crippen LogP) is 3.63. The van der Waals surface area contributed by atoms with Crippen molar-refractivity contribution in [2.75, 3.05) is 0 Å². The summed E-state index contributed by atoms with van der Waals surface area (Å²) >= 11 is 17.1. The molecule has 0 fully saturated rings. The van der Waals surface area contributed by atoms with Crippen LogP contribution in [-0.4, -0.2) is 15.0 Å². The summed E-state index contributed by atoms with van der Waals surface area (Å²) in [6.45, 7) is 1.98. The van der Waals surface area contributed by atoms with Crippen molar-refractivity contribution in [3.8, 4) is 0 Å². The third-order valence-corrected chi connectivity index (χ3v) is 3.31. The highest BCUT2D eigenvalue weighted by Crippen LogP contribution is 2.45. The van der Waals surface area contributed by atoms with Gasteiger partial charge in [0.1, 0.15) is 6.10 Å². The van der Waals surface area contributed by atoms with Gasteiger partial charge in [-0.3, -0.25) is 0 Å². The van der Waals surface area contributed by atoms with Gasteiger partial charge in [-0.25, -0.2) is 0 Å². The maximum Gasteiger partial charge on any atom is 0.216 e. The van der Waals surface area contributed by atoms with Crippen LogP contribution < -0.4 is 0 Å². The van der Waals surface area contributed by atoms with Gasteiger partial charge in [-0.15, -0.1) is 0 Å². The monoisotopic (exact) mass is 254 g/mol. The van der Waals surface area contributed by atoms with Crippen molar-refractivity contribution in [1.82, 2.24) is 0 Å². The third kappa shape index (κ3) is 2.46. The SMILES string of the molecule is CCC1(C(O)C(Cl)(Cl)Cl)C=CC=CC1. The van der Waals surface area contributed by atoms with Crippen LogP contribution in [0.1, 0.15) is 19.8 Å². The topological polar surface area (TPSA) is 20.2 Å². The molecule has 80 valence electrons. The second-order valence-electron chi connectivity index (χ2n) is 3.52. The minimum Gasteiger partial charge on any atom is -0.388 e. The molecule has 14 heavy (non-hydrogen) atoms. The van der Waals surface area contributed by atoms with Crippen LogP contribution in [0.2, 0.25) is 0 Å². The number of hydrogen-bond donors (Lipinski definition) is 1. The van der Waals surface area contributed by atoms with Gasteiger partial charge < -0.3 is 5.11 Å². The molecule has 1 aliphatic rings. The molecule has 1 nitrogen and oxygen atoms in total. The number of allylic oxidation sites excluding steroid dienone is 3. The lowest BCUT2D eigenvalue weighted by Gasteiger charge is -2.38. The zero-order valence-electron chi connectivity index (χ0n) is 7.88. The van der Waals surface area contributed by atoms with Crippen molar-refractivity contribution in [1.29, 1.82) is 0 Å². The Morgan fingerprint density at radius 1 is 1.43 bits per heavy atom. The van der Waals surface area contributed by atoms with Gasteiger partial charge in [0, 0.05) is 5.41 Å². The van der Waals surface area contributed by atoms with E-state index in [9.17, 15) is 5.11 Å². The fourth-order valence-electron chi connectivity index (χ4n) is 1.67. The first-order valence-electron chi connectivity index (χ1n) is 4.51. The molecule has 0 bridgehead atoms. The molecule has 0 spiro atoms. The average Bonchev–Trinajstić information content (AvgIpc) is 2.16. The van der Waals surface area contributed by atoms with Crippen LogP contribution in [0, 0.1) is 5.41 Å². The second-order valence-corrected chi connectivity index (χ2v) is 5.89. The Labute approximate surface area is 99.3 Å². The minimum absolute atomic E-state index is 0.444. The molecule has 0 radical (unpaired) electrons. The molecular weight excluding hydrogens is 242 g/mol. The van der Waals surface area contributed by atoms with Crippen LogP contribution in [0.3, 0.4) is 0 Å². The summed E-state index contributed by atoms with van der Waals surface area (Å²) in [5.41, 5.74) is -0.444. The standard InChI is InChI=1S/C10H13Cl3O/c1-2-9(6-4-3-5-7-9)8(14)10(11,12)13/h3-6,8,14H,2,7H2,1H3. The molecular formula is C10H13Cl3O. The van der Waals surface area contributed by atoms with E-state index in [1.165, 1.54) is 0 Å². The molecule has 0 heterocycles. The third-order valence-electron chi connectivity index (χ3n) is 2.69. The number of hydrogen-bond acceptors (Lipinski definition) is 1. The number of aliphatic hydroxyl groups is 1. The Kier molecular flexibility index (Phi) is 3.93. The highest BCUT2D eigenvalue weighted by Gasteiger charge is 2.45. The normalized spacial score (nSPS) is 29.2. The van der Waals surface area contributed by atoms with E-state index in [1.54, 1.807) is 0 Å². The van der Waals surface area contributed by atoms with Gasteiger partial charge in [0.05, 0.1) is 0 Å². The van der Waals surface area contributed by atoms with E-state index in [4.69, 9.17) is 34.8 Å². The molecule has 4 heteroatoms. The van der Waals surface area contributed by atoms with E-state index in [0.717, 1.165) is 6.42 Å². The van der Waals surface area contributed by atoms with Crippen molar-refractivity contribution in [2.45, 2.75) is 29.7 Å². The Morgan fingerprint density at radius 3 is 2.43 bits per heavy atom. The average molecular weight is 256 g/mol. The molecule has 0 aromatic heterocycles. The van der Waals surface area contributed by atoms with Gasteiger partial charge >= 0.3 is 0 Å². The summed E-state index contributed by atoms with van der Waals surface area (Å²) in [5, 5.41) is 9.98. The summed E-state index contributed by atoms with van der Waals surface area (Å²) in [6, 6.07) is 0. The van der Waals surface area contributed by atoms with Crippen molar-refractivity contribution in [3.05, 3.63) is 24.3 Å². The molecule has 0 aromatic rings. The van der Waals surface area contributed by atoms with E-state index in [-0.39, 0.29) is 0 Å². The molecule has 0 amide bonds. The fourth-order valence-corrected chi connectivity index (χ4v) is 2.32. The Balaban J connectivity index is 2.91. The van der Waals surface area contributed by atoms with Crippen molar-refractivity contribution >= 4 is 34.8 Å². The molecule has 1 N–H and O–H groups in total. The summed E-state index contributed by atoms with van der Waals surface area (Å²) in [5.74, 6) is 0. The first-order chi connectivity index (χ1) is 6.42. The number of rotatable bonds is 2. The number of aliphatic hydroxyl groups excluding tert-OH is 1. The van der Waals surface area contributed by atoms with Crippen molar-refractivity contribution < 1.29 is 5.11 Å². The first kappa shape index (κ1) is 12.4. The van der Waals surface area contributed by atoms with Crippen LogP contribution in [0.4, 0.5) is 0 Å². The number of halogens is 3. The fraction of sp³-hybridized carbons (Fsp3) is 0.600. The number of alkyl halides is 3. The van der Waals surface area contributed by atoms with Crippen LogP contribution in [0.25, 0.3) is 0 Å². The van der Waals surface area contributed by atoms with E-state index < -0.39 is 15.3 Å². The van der Waals surface area contributed by atoms with E-state index in [1.807, 2.05) is 31.2 Å². The highest BCUT2D eigenvalue weighted by molar-refractivity contribution is 6.68. The molecule has 0 saturated carbocycles. The van der Waals surface area contributed by atoms with E-state index >= 15 is 0 Å². The van der Waals surface area contributed by atoms with Crippen LogP contribution in [-0.2, 0) is 0 Å². The lowest BCUT2D eigenvalue weighted by atomic mass is 9.75. The molecule has 0 saturated heterocycles. The second kappa shape index (κ2) is 4.44. The van der Waals surface area contributed by atoms with Gasteiger partial charge in [0.15, 0.2) is 0 Å². The van der Waals surface area contributed by atoms with Gasteiger partial charge in [-0.2, -0.15) is 0 Å². The van der Waals surface area contributed by atoms with Gasteiger partial charge in [-0.05, 0) is 12.8 Å². The van der Waals surface area contributed by atoms with Gasteiger partial charge in [0.25, 0.3) is 0 Å². The van der Waals surface area contributed by atoms with Crippen LogP contribution in [0.5, 0.6) is 0 Å². The molecule has 2 atom stereocenters. The Bertz CT molecular complexity index is 255. The van der Waals surface area contributed by atoms with Gasteiger partial charge in [-0.1, -0.05) is 66.0 Å². The zero-order valence-corrected chi connectivity index (χ0v) is 10.1. The Hall–Kier alpha value is 0.310. The summed E-state index contributed by atoms with van der Waals surface area (Å²) in [4.78, 5) is 0. The quantitative estimate of drug-likeness (QED) is 0.747. The molecule has 0 aromatic carbocycles. The lowest BCUT2D eigenvalue weighted by molar-refractivity contribution is 0.0594. The lowest BCUT2D eigenvalue weighted by Crippen LogP contribution is -2.42. The largest absolute Gasteiger partial charge is 0.388 e. The first-order valence-corrected chi connectivity index (χ1v) is 5.65. The minimum atomic E-state index is -1.63. The summed E-state index contributed by atoms with van der Waals surface area (Å²) < 4.78 is -1.63. The maximum atomic E-state index is 9.98. The summed E-state index contributed by atoms with van der Waals surface area (Å²) in [7, 11) is 0. The van der Waals surface area contributed by atoms with E-state index in [2.05, 4.69) is 0 Å². The molecule has 2 unspecified atom stereocenters. The molecule has 0 aliphatic heterocycles. The van der Waals surface area contributed by atoms with Crippen LogP contribution >= 0.6 is 34.8 Å². The molecule has 1 aliphatic carbocycles. The highest BCUT2D eigenvalue weighted by atomic mass is 35.6. The predicted molar refractivity (Wildman–Crippen MR) is 61.9 cm³/mol. The van der Waals surface area contributed by atoms with Crippen molar-refractivity contribution in [2.24, 2.45) is 5.41 Å². The maximum absolute atomic E-state index is 9.98. The van der Waals surface area contributed by atoms with Gasteiger partial charge in [0.2, 0.25) is 3.79 Å². The smallest absolute Gasteiger partial charge is 0.216 e. The molecule has 1 rings (SSSR count). The Morgan fingerprint density at radius 2 is 2.07 bits per heavy atom. The van der Waals surface area contributed by atoms with Crippen LogP contribution in [0.15, 0.2) is 24.3 Å². The van der Waals surface area contributed by atoms with Crippen molar-refractivity contribution in [3.63, 3.8) is 0 Å². The zero-order chi connectivity index (χ0) is 10.8. The summed E-state index contributed by atoms with van der Waals surface area (Å²) in [6.07, 6.45) is 8.16. The van der Waals surface area contributed by atoms with E-state index in [0.29, 0.717) is 6.42 Å².